The number of carbonyl (C=O) groups excluding carboxylic acids is 1. The van der Waals surface area contributed by atoms with Crippen LogP contribution in [0.4, 0.5) is 0 Å². The third-order valence-electron chi connectivity index (χ3n) is 8.57. The fourth-order valence-corrected chi connectivity index (χ4v) is 5.87. The number of hydrogen-bond acceptors (Lipinski definition) is 20. The van der Waals surface area contributed by atoms with Gasteiger partial charge in [-0.3, -0.25) is 4.79 Å². The third kappa shape index (κ3) is 8.04. The van der Waals surface area contributed by atoms with Gasteiger partial charge in [0.05, 0.1) is 25.9 Å². The van der Waals surface area contributed by atoms with E-state index in [1.54, 1.807) is 0 Å². The molecule has 0 unspecified atom stereocenters. The lowest BCUT2D eigenvalue weighted by Crippen LogP contribution is -2.69. The summed E-state index contributed by atoms with van der Waals surface area (Å²) in [4.78, 5) is 12.1. The summed E-state index contributed by atoms with van der Waals surface area (Å²) >= 11 is 0. The molecule has 0 radical (unpaired) electrons. The van der Waals surface area contributed by atoms with E-state index in [0.717, 1.165) is 6.92 Å². The molecule has 47 heavy (non-hydrogen) atoms. The quantitative estimate of drug-likeness (QED) is 0.101. The predicted molar refractivity (Wildman–Crippen MR) is 144 cm³/mol. The minimum Gasteiger partial charge on any atom is -0.394 e. The van der Waals surface area contributed by atoms with Crippen molar-refractivity contribution in [3.63, 3.8) is 0 Å². The van der Waals surface area contributed by atoms with Crippen molar-refractivity contribution in [2.24, 2.45) is 0 Å². The standard InChI is InChI=1S/C26H45NO20/c1-6-12(32)16(36)18(38)25(41-6)47-22-17(37)13(33)8(3-28)43-26(22)45-20-10(5-30)44-24(11(15(20)35)27-7(2)31)46-21-14(34)9(4-29)42-23(40)19(21)39/h6,8-26,28-30,32-40H,3-5H2,1-2H3,(H,27,31)/t6-,8+,9+,10+,11+,12+,13-,14-,15+,16+,17-,18-,19+,20+,21-,22+,23+,24-,25-,26-/m0/s1. The zero-order valence-electron chi connectivity index (χ0n) is 25.3. The van der Waals surface area contributed by atoms with E-state index in [1.807, 2.05) is 0 Å². The first-order valence-corrected chi connectivity index (χ1v) is 15.0. The van der Waals surface area contributed by atoms with Crippen molar-refractivity contribution >= 4 is 5.91 Å². The second kappa shape index (κ2) is 16.2. The van der Waals surface area contributed by atoms with Crippen molar-refractivity contribution in [2.45, 2.75) is 137 Å². The molecule has 0 aromatic carbocycles. The Morgan fingerprint density at radius 3 is 1.70 bits per heavy atom. The molecule has 0 bridgehead atoms. The Morgan fingerprint density at radius 2 is 1.11 bits per heavy atom. The summed E-state index contributed by atoms with van der Waals surface area (Å²) in [5, 5.41) is 126. The number of amides is 1. The third-order valence-corrected chi connectivity index (χ3v) is 8.57. The summed E-state index contributed by atoms with van der Waals surface area (Å²) in [6, 6.07) is -1.58. The van der Waals surface area contributed by atoms with Crippen LogP contribution >= 0.6 is 0 Å². The molecule has 4 rings (SSSR count). The summed E-state index contributed by atoms with van der Waals surface area (Å²) < 4.78 is 38.9. The van der Waals surface area contributed by atoms with Gasteiger partial charge in [-0.1, -0.05) is 0 Å². The molecule has 4 saturated heterocycles. The van der Waals surface area contributed by atoms with Crippen LogP contribution in [-0.2, 0) is 38.0 Å². The van der Waals surface area contributed by atoms with E-state index in [2.05, 4.69) is 5.32 Å². The summed E-state index contributed by atoms with van der Waals surface area (Å²) in [5.41, 5.74) is 0. The molecule has 274 valence electrons. The van der Waals surface area contributed by atoms with Gasteiger partial charge in [0.2, 0.25) is 5.91 Å². The Balaban J connectivity index is 1.59. The molecule has 13 N–H and O–H groups in total. The predicted octanol–water partition coefficient (Wildman–Crippen LogP) is -8.58. The van der Waals surface area contributed by atoms with Crippen LogP contribution in [0.15, 0.2) is 0 Å². The summed E-state index contributed by atoms with van der Waals surface area (Å²) in [5.74, 6) is -0.735. The highest BCUT2D eigenvalue weighted by atomic mass is 16.8. The molecule has 0 spiro atoms. The Kier molecular flexibility index (Phi) is 13.2. The van der Waals surface area contributed by atoms with Crippen LogP contribution in [0.5, 0.6) is 0 Å². The van der Waals surface area contributed by atoms with Gasteiger partial charge in [0, 0.05) is 6.92 Å². The molecule has 0 saturated carbocycles. The number of aliphatic hydroxyl groups excluding tert-OH is 12. The van der Waals surface area contributed by atoms with Gasteiger partial charge in [-0.25, -0.2) is 0 Å². The average Bonchev–Trinajstić information content (AvgIpc) is 3.04. The zero-order chi connectivity index (χ0) is 34.9. The summed E-state index contributed by atoms with van der Waals surface area (Å²) in [6.07, 6.45) is -32.3. The molecule has 4 fully saturated rings. The van der Waals surface area contributed by atoms with Gasteiger partial charge in [-0.2, -0.15) is 0 Å². The van der Waals surface area contributed by atoms with Gasteiger partial charge in [0.15, 0.2) is 25.2 Å². The summed E-state index contributed by atoms with van der Waals surface area (Å²) in [7, 11) is 0. The maximum Gasteiger partial charge on any atom is 0.217 e. The van der Waals surface area contributed by atoms with Gasteiger partial charge in [-0.05, 0) is 6.92 Å². The topological polar surface area (TPSA) is 336 Å². The second-order valence-corrected chi connectivity index (χ2v) is 11.9. The van der Waals surface area contributed by atoms with Gasteiger partial charge >= 0.3 is 0 Å². The molecule has 4 heterocycles. The van der Waals surface area contributed by atoms with Gasteiger partial charge in [0.25, 0.3) is 0 Å². The SMILES string of the molecule is CC(=O)N[C@H]1[C@H](O[C@@H]2[C@@H](O)[C@H](O)O[C@H](CO)[C@@H]2O)O[C@H](CO)[C@@H](O[C@@H]2O[C@H](CO)[C@H](O)[C@H](O)[C@H]2O[C@@H]2O[C@@H](C)[C@@H](O)[C@@H](O)[C@@H]2O)[C@@H]1O. The normalized spacial score (nSPS) is 51.0. The Bertz CT molecular complexity index is 1010. The van der Waals surface area contributed by atoms with Crippen molar-refractivity contribution in [1.82, 2.24) is 5.32 Å². The van der Waals surface area contributed by atoms with Gasteiger partial charge in [-0.15, -0.1) is 0 Å². The van der Waals surface area contributed by atoms with Crippen molar-refractivity contribution in [2.75, 3.05) is 19.8 Å². The van der Waals surface area contributed by atoms with E-state index in [-0.39, 0.29) is 0 Å². The molecule has 1 amide bonds. The highest BCUT2D eigenvalue weighted by Crippen LogP contribution is 2.34. The molecule has 0 aromatic rings. The molecule has 21 nitrogen and oxygen atoms in total. The number of carbonyl (C=O) groups is 1. The maximum absolute atomic E-state index is 12.1. The smallest absolute Gasteiger partial charge is 0.217 e. The van der Waals surface area contributed by atoms with E-state index >= 15 is 0 Å². The first-order chi connectivity index (χ1) is 22.1. The van der Waals surface area contributed by atoms with Crippen LogP contribution in [0, 0.1) is 0 Å². The fraction of sp³-hybridized carbons (Fsp3) is 0.962. The van der Waals surface area contributed by atoms with Crippen LogP contribution in [0.25, 0.3) is 0 Å². The van der Waals surface area contributed by atoms with Crippen molar-refractivity contribution < 1.29 is 99.2 Å². The molecule has 4 aliphatic rings. The Morgan fingerprint density at radius 1 is 0.553 bits per heavy atom. The van der Waals surface area contributed by atoms with Crippen LogP contribution in [0.2, 0.25) is 0 Å². The van der Waals surface area contributed by atoms with E-state index in [1.165, 1.54) is 6.92 Å². The van der Waals surface area contributed by atoms with Crippen molar-refractivity contribution in [3.8, 4) is 0 Å². The number of ether oxygens (including phenoxy) is 7. The number of rotatable bonds is 10. The minimum absolute atomic E-state index is 0.735. The van der Waals surface area contributed by atoms with E-state index in [9.17, 15) is 66.1 Å². The molecule has 20 atom stereocenters. The average molecular weight is 692 g/mol. The van der Waals surface area contributed by atoms with E-state index in [4.69, 9.17) is 33.2 Å². The van der Waals surface area contributed by atoms with Crippen LogP contribution in [0.1, 0.15) is 13.8 Å². The van der Waals surface area contributed by atoms with Crippen LogP contribution < -0.4 is 5.32 Å². The molecular weight excluding hydrogens is 646 g/mol. The molecule has 0 aliphatic carbocycles. The Hall–Kier alpha value is -1.29. The van der Waals surface area contributed by atoms with Crippen molar-refractivity contribution in [3.05, 3.63) is 0 Å². The zero-order valence-corrected chi connectivity index (χ0v) is 25.3. The first kappa shape index (κ1) is 38.5. The number of nitrogens with one attached hydrogen (secondary N) is 1. The second-order valence-electron chi connectivity index (χ2n) is 11.9. The lowest BCUT2D eigenvalue weighted by Gasteiger charge is -2.50. The molecule has 21 heteroatoms. The molecule has 0 aromatic heterocycles. The molecular formula is C26H45NO20. The fourth-order valence-electron chi connectivity index (χ4n) is 5.87. The van der Waals surface area contributed by atoms with Gasteiger partial charge < -0.3 is 99.8 Å². The van der Waals surface area contributed by atoms with Gasteiger partial charge in [0.1, 0.15) is 91.5 Å². The van der Waals surface area contributed by atoms with E-state index < -0.39 is 148 Å². The van der Waals surface area contributed by atoms with Crippen LogP contribution in [0.3, 0.4) is 0 Å². The highest BCUT2D eigenvalue weighted by molar-refractivity contribution is 5.73. The lowest BCUT2D eigenvalue weighted by atomic mass is 9.94. The number of aliphatic hydroxyl groups is 12. The number of hydrogen-bond donors (Lipinski definition) is 13. The van der Waals surface area contributed by atoms with E-state index in [0.29, 0.717) is 0 Å². The summed E-state index contributed by atoms with van der Waals surface area (Å²) in [6.45, 7) is -0.108. The largest absolute Gasteiger partial charge is 0.394 e. The van der Waals surface area contributed by atoms with Crippen molar-refractivity contribution in [1.29, 1.82) is 0 Å². The van der Waals surface area contributed by atoms with Crippen LogP contribution in [-0.4, -0.2) is 210 Å². The highest BCUT2D eigenvalue weighted by Gasteiger charge is 2.55. The monoisotopic (exact) mass is 691 g/mol. The molecule has 4 aliphatic heterocycles. The Labute approximate surface area is 267 Å². The lowest BCUT2D eigenvalue weighted by molar-refractivity contribution is -0.387. The maximum atomic E-state index is 12.1. The first-order valence-electron chi connectivity index (χ1n) is 15.0. The minimum atomic E-state index is -1.92.